The normalized spacial score (nSPS) is 15.9. The summed E-state index contributed by atoms with van der Waals surface area (Å²) in [6, 6.07) is 5.82. The van der Waals surface area contributed by atoms with Gasteiger partial charge < -0.3 is 10.6 Å². The van der Waals surface area contributed by atoms with Crippen LogP contribution in [-0.2, 0) is 11.3 Å². The number of amides is 1. The van der Waals surface area contributed by atoms with Gasteiger partial charge in [0.1, 0.15) is 0 Å². The molecule has 132 valence electrons. The lowest BCUT2D eigenvalue weighted by Crippen LogP contribution is -2.40. The summed E-state index contributed by atoms with van der Waals surface area (Å²) in [4.78, 5) is 18.9. The van der Waals surface area contributed by atoms with E-state index in [9.17, 15) is 4.79 Å². The number of pyridine rings is 1. The lowest BCUT2D eigenvalue weighted by atomic mass is 9.71. The fourth-order valence-corrected chi connectivity index (χ4v) is 3.25. The Labute approximate surface area is 152 Å². The van der Waals surface area contributed by atoms with Crippen LogP contribution in [0.3, 0.4) is 0 Å². The Morgan fingerprint density at radius 3 is 2.48 bits per heavy atom. The molecule has 1 aromatic heterocycles. The number of rotatable bonds is 6. The predicted molar refractivity (Wildman–Crippen MR) is 99.0 cm³/mol. The van der Waals surface area contributed by atoms with Crippen molar-refractivity contribution in [3.63, 3.8) is 0 Å². The minimum atomic E-state index is 0. The molecular weight excluding hydrogens is 333 g/mol. The Balaban J connectivity index is 0.00000242. The molecule has 0 saturated heterocycles. The first-order chi connectivity index (χ1) is 10.2. The van der Waals surface area contributed by atoms with Crippen LogP contribution in [0.2, 0.25) is 0 Å². The van der Waals surface area contributed by atoms with E-state index < -0.39 is 0 Å². The van der Waals surface area contributed by atoms with E-state index in [1.54, 1.807) is 6.20 Å². The summed E-state index contributed by atoms with van der Waals surface area (Å²) in [5.74, 6) is 0.218. The lowest BCUT2D eigenvalue weighted by Gasteiger charge is -2.37. The number of carbonyl (C=O) groups excluding carboxylic acids is 1. The van der Waals surface area contributed by atoms with Gasteiger partial charge in [-0.05, 0) is 43.9 Å². The van der Waals surface area contributed by atoms with Crippen molar-refractivity contribution in [1.82, 2.24) is 9.88 Å². The van der Waals surface area contributed by atoms with Gasteiger partial charge in [0.05, 0.1) is 12.2 Å². The zero-order valence-electron chi connectivity index (χ0n) is 13.9. The highest BCUT2D eigenvalue weighted by molar-refractivity contribution is 5.85. The molecule has 2 rings (SSSR count). The molecule has 1 aliphatic carbocycles. The molecule has 1 aliphatic rings. The molecule has 6 heteroatoms. The number of hydrogen-bond donors (Lipinski definition) is 1. The zero-order valence-corrected chi connectivity index (χ0v) is 15.5. The average molecular weight is 362 g/mol. The maximum absolute atomic E-state index is 12.7. The van der Waals surface area contributed by atoms with E-state index in [4.69, 9.17) is 5.73 Å². The Morgan fingerprint density at radius 1 is 1.26 bits per heavy atom. The van der Waals surface area contributed by atoms with Crippen LogP contribution in [0.25, 0.3) is 0 Å². The summed E-state index contributed by atoms with van der Waals surface area (Å²) in [6.07, 6.45) is 8.24. The van der Waals surface area contributed by atoms with E-state index in [1.807, 2.05) is 30.0 Å². The highest BCUT2D eigenvalue weighted by Gasteiger charge is 2.34. The Kier molecular flexibility index (Phi) is 10.4. The SMILES string of the molecule is CCN(Cc1ccccn1)C(=O)CC1(CN)CCCCC1.Cl.Cl. The van der Waals surface area contributed by atoms with E-state index in [2.05, 4.69) is 4.98 Å². The van der Waals surface area contributed by atoms with Gasteiger partial charge in [-0.15, -0.1) is 24.8 Å². The van der Waals surface area contributed by atoms with Crippen LogP contribution < -0.4 is 5.73 Å². The molecule has 1 aromatic rings. The largest absolute Gasteiger partial charge is 0.337 e. The van der Waals surface area contributed by atoms with Crippen LogP contribution in [0.1, 0.15) is 51.1 Å². The van der Waals surface area contributed by atoms with Gasteiger partial charge in [0.2, 0.25) is 5.91 Å². The van der Waals surface area contributed by atoms with Crippen molar-refractivity contribution in [2.75, 3.05) is 13.1 Å². The Morgan fingerprint density at radius 2 is 1.96 bits per heavy atom. The second kappa shape index (κ2) is 10.8. The van der Waals surface area contributed by atoms with Gasteiger partial charge in [0.25, 0.3) is 0 Å². The van der Waals surface area contributed by atoms with Gasteiger partial charge in [-0.1, -0.05) is 25.3 Å². The molecule has 0 spiro atoms. The number of nitrogens with two attached hydrogens (primary N) is 1. The van der Waals surface area contributed by atoms with Crippen molar-refractivity contribution >= 4 is 30.7 Å². The first-order valence-corrected chi connectivity index (χ1v) is 8.07. The van der Waals surface area contributed by atoms with Crippen LogP contribution in [0.15, 0.2) is 24.4 Å². The molecule has 0 atom stereocenters. The molecule has 1 saturated carbocycles. The number of halogens is 2. The first kappa shape index (κ1) is 22.2. The monoisotopic (exact) mass is 361 g/mol. The molecule has 23 heavy (non-hydrogen) atoms. The predicted octanol–water partition coefficient (Wildman–Crippen LogP) is 3.57. The Hall–Kier alpha value is -0.840. The molecule has 0 unspecified atom stereocenters. The Bertz CT molecular complexity index is 450. The third-order valence-corrected chi connectivity index (χ3v) is 4.69. The lowest BCUT2D eigenvalue weighted by molar-refractivity contribution is -0.134. The summed E-state index contributed by atoms with van der Waals surface area (Å²) < 4.78 is 0. The van der Waals surface area contributed by atoms with Gasteiger partial charge in [-0.25, -0.2) is 0 Å². The van der Waals surface area contributed by atoms with Crippen LogP contribution >= 0.6 is 24.8 Å². The van der Waals surface area contributed by atoms with Gasteiger partial charge in [-0.3, -0.25) is 9.78 Å². The summed E-state index contributed by atoms with van der Waals surface area (Å²) in [7, 11) is 0. The second-order valence-electron chi connectivity index (χ2n) is 6.17. The molecule has 0 aliphatic heterocycles. The number of aromatic nitrogens is 1. The topological polar surface area (TPSA) is 59.2 Å². The summed E-state index contributed by atoms with van der Waals surface area (Å²) >= 11 is 0. The third kappa shape index (κ3) is 6.28. The summed E-state index contributed by atoms with van der Waals surface area (Å²) in [5.41, 5.74) is 6.97. The van der Waals surface area contributed by atoms with Crippen LogP contribution in [-0.4, -0.2) is 28.9 Å². The minimum absolute atomic E-state index is 0. The first-order valence-electron chi connectivity index (χ1n) is 8.07. The quantitative estimate of drug-likeness (QED) is 0.842. The molecule has 0 aromatic carbocycles. The number of nitrogens with zero attached hydrogens (tertiary/aromatic N) is 2. The van der Waals surface area contributed by atoms with Crippen molar-refractivity contribution in [3.05, 3.63) is 30.1 Å². The average Bonchev–Trinajstić information content (AvgIpc) is 2.54. The van der Waals surface area contributed by atoms with Crippen LogP contribution in [0, 0.1) is 5.41 Å². The maximum Gasteiger partial charge on any atom is 0.223 e. The van der Waals surface area contributed by atoms with Gasteiger partial charge in [0, 0.05) is 19.2 Å². The number of carbonyl (C=O) groups is 1. The summed E-state index contributed by atoms with van der Waals surface area (Å²) in [5, 5.41) is 0. The number of hydrogen-bond acceptors (Lipinski definition) is 3. The molecular formula is C17H29Cl2N3O. The van der Waals surface area contributed by atoms with E-state index in [0.717, 1.165) is 25.1 Å². The van der Waals surface area contributed by atoms with Gasteiger partial charge >= 0.3 is 0 Å². The molecule has 4 nitrogen and oxygen atoms in total. The standard InChI is InChI=1S/C17H27N3O.2ClH/c1-2-20(13-15-8-4-7-11-19-15)16(21)12-17(14-18)9-5-3-6-10-17;;/h4,7-8,11H,2-3,5-6,9-10,12-14,18H2,1H3;2*1H. The van der Waals surface area contributed by atoms with Crippen molar-refractivity contribution in [2.24, 2.45) is 11.1 Å². The van der Waals surface area contributed by atoms with Gasteiger partial charge in [-0.2, -0.15) is 0 Å². The van der Waals surface area contributed by atoms with Gasteiger partial charge in [0.15, 0.2) is 0 Å². The highest BCUT2D eigenvalue weighted by atomic mass is 35.5. The fraction of sp³-hybridized carbons (Fsp3) is 0.647. The van der Waals surface area contributed by atoms with Crippen molar-refractivity contribution < 1.29 is 4.79 Å². The maximum atomic E-state index is 12.7. The molecule has 1 heterocycles. The molecule has 1 fully saturated rings. The molecule has 1 amide bonds. The second-order valence-corrected chi connectivity index (χ2v) is 6.17. The van der Waals surface area contributed by atoms with E-state index in [0.29, 0.717) is 19.5 Å². The van der Waals surface area contributed by atoms with Crippen LogP contribution in [0.5, 0.6) is 0 Å². The fourth-order valence-electron chi connectivity index (χ4n) is 3.25. The van der Waals surface area contributed by atoms with Crippen molar-refractivity contribution in [2.45, 2.75) is 52.0 Å². The van der Waals surface area contributed by atoms with E-state index in [-0.39, 0.29) is 36.1 Å². The third-order valence-electron chi connectivity index (χ3n) is 4.69. The van der Waals surface area contributed by atoms with E-state index >= 15 is 0 Å². The van der Waals surface area contributed by atoms with E-state index in [1.165, 1.54) is 19.3 Å². The minimum Gasteiger partial charge on any atom is -0.337 e. The van der Waals surface area contributed by atoms with Crippen molar-refractivity contribution in [3.8, 4) is 0 Å². The summed E-state index contributed by atoms with van der Waals surface area (Å²) in [6.45, 7) is 3.96. The molecule has 0 radical (unpaired) electrons. The molecule has 0 bridgehead atoms. The highest BCUT2D eigenvalue weighted by Crippen LogP contribution is 2.38. The smallest absolute Gasteiger partial charge is 0.223 e. The zero-order chi connectivity index (χ0) is 15.1. The van der Waals surface area contributed by atoms with Crippen LogP contribution in [0.4, 0.5) is 0 Å². The molecule has 2 N–H and O–H groups in total. The van der Waals surface area contributed by atoms with Crippen molar-refractivity contribution in [1.29, 1.82) is 0 Å².